The second-order valence-corrected chi connectivity index (χ2v) is 9.98. The van der Waals surface area contributed by atoms with Crippen LogP contribution in [0, 0.1) is 5.82 Å². The Labute approximate surface area is 193 Å². The smallest absolute Gasteiger partial charge is 0.325 e. The fraction of sp³-hybridized carbons (Fsp3) is 0.500. The van der Waals surface area contributed by atoms with Gasteiger partial charge in [-0.2, -0.15) is 0 Å². The van der Waals surface area contributed by atoms with Gasteiger partial charge in [0.05, 0.1) is 13.2 Å². The normalized spacial score (nSPS) is 22.4. The molecule has 1 saturated carbocycles. The van der Waals surface area contributed by atoms with Crippen molar-refractivity contribution in [3.05, 3.63) is 58.9 Å². The summed E-state index contributed by atoms with van der Waals surface area (Å²) in [6, 6.07) is 11.6. The Morgan fingerprint density at radius 2 is 1.94 bits per heavy atom. The van der Waals surface area contributed by atoms with E-state index in [9.17, 15) is 4.79 Å². The Morgan fingerprint density at radius 3 is 2.64 bits per heavy atom. The number of hydrogen-bond donors (Lipinski definition) is 1. The molecule has 3 aliphatic rings. The molecule has 1 heterocycles. The van der Waals surface area contributed by atoms with Gasteiger partial charge in [-0.1, -0.05) is 30.3 Å². The van der Waals surface area contributed by atoms with Gasteiger partial charge in [-0.15, -0.1) is 0 Å². The van der Waals surface area contributed by atoms with Crippen molar-refractivity contribution in [3.8, 4) is 5.75 Å². The molecule has 2 aromatic rings. The third-order valence-corrected chi connectivity index (χ3v) is 6.51. The van der Waals surface area contributed by atoms with E-state index in [1.54, 1.807) is 20.8 Å². The lowest BCUT2D eigenvalue weighted by molar-refractivity contribution is -0.166. The maximum absolute atomic E-state index is 16.0. The molecular formula is C26H30FNO5. The van der Waals surface area contributed by atoms with Gasteiger partial charge in [-0.25, -0.2) is 4.39 Å². The average Bonchev–Trinajstić information content (AvgIpc) is 3.47. The quantitative estimate of drug-likeness (QED) is 0.627. The number of anilines is 1. The second kappa shape index (κ2) is 8.29. The summed E-state index contributed by atoms with van der Waals surface area (Å²) in [7, 11) is 0. The molecule has 1 spiro atoms. The first-order valence-electron chi connectivity index (χ1n) is 11.5. The lowest BCUT2D eigenvalue weighted by atomic mass is 9.86. The summed E-state index contributed by atoms with van der Waals surface area (Å²) in [5.74, 6) is -1.19. The summed E-state index contributed by atoms with van der Waals surface area (Å²) < 4.78 is 39.4. The van der Waals surface area contributed by atoms with Crippen molar-refractivity contribution in [3.63, 3.8) is 0 Å². The SMILES string of the molecule is CC(C)(C)OC(=O)CNc1c(OCc2ccccc2)cc2c(c1F)C1CC2CC12OCCO2. The van der Waals surface area contributed by atoms with E-state index in [-0.39, 0.29) is 24.1 Å². The topological polar surface area (TPSA) is 66.0 Å². The summed E-state index contributed by atoms with van der Waals surface area (Å²) in [5.41, 5.74) is 2.10. The van der Waals surface area contributed by atoms with E-state index in [1.165, 1.54) is 0 Å². The zero-order valence-electron chi connectivity index (χ0n) is 19.3. The summed E-state index contributed by atoms with van der Waals surface area (Å²) in [6.07, 6.45) is 1.52. The van der Waals surface area contributed by atoms with Crippen molar-refractivity contribution >= 4 is 11.7 Å². The van der Waals surface area contributed by atoms with Crippen LogP contribution in [0.4, 0.5) is 10.1 Å². The largest absolute Gasteiger partial charge is 0.487 e. The van der Waals surface area contributed by atoms with E-state index in [0.717, 1.165) is 24.0 Å². The van der Waals surface area contributed by atoms with Crippen LogP contribution < -0.4 is 10.1 Å². The molecule has 2 atom stereocenters. The van der Waals surface area contributed by atoms with Crippen LogP contribution in [0.25, 0.3) is 0 Å². The number of benzene rings is 2. The summed E-state index contributed by atoms with van der Waals surface area (Å²) in [4.78, 5) is 12.3. The van der Waals surface area contributed by atoms with Crippen LogP contribution in [0.1, 0.15) is 62.1 Å². The predicted octanol–water partition coefficient (Wildman–Crippen LogP) is 4.88. The first-order valence-corrected chi connectivity index (χ1v) is 11.5. The van der Waals surface area contributed by atoms with E-state index in [0.29, 0.717) is 31.1 Å². The number of esters is 1. The van der Waals surface area contributed by atoms with E-state index in [4.69, 9.17) is 18.9 Å². The van der Waals surface area contributed by atoms with Crippen LogP contribution in [0.3, 0.4) is 0 Å². The first kappa shape index (κ1) is 22.2. The number of ether oxygens (including phenoxy) is 4. The van der Waals surface area contributed by atoms with Gasteiger partial charge >= 0.3 is 5.97 Å². The molecule has 0 amide bonds. The summed E-state index contributed by atoms with van der Waals surface area (Å²) >= 11 is 0. The molecule has 0 aromatic heterocycles. The van der Waals surface area contributed by atoms with E-state index in [1.807, 2.05) is 36.4 Å². The highest BCUT2D eigenvalue weighted by atomic mass is 19.1. The van der Waals surface area contributed by atoms with E-state index >= 15 is 4.39 Å². The molecule has 7 heteroatoms. The molecule has 5 rings (SSSR count). The van der Waals surface area contributed by atoms with Gasteiger partial charge in [0.15, 0.2) is 11.6 Å². The Kier molecular flexibility index (Phi) is 5.57. The van der Waals surface area contributed by atoms with Crippen LogP contribution >= 0.6 is 0 Å². The molecule has 176 valence electrons. The Balaban J connectivity index is 1.45. The van der Waals surface area contributed by atoms with Crippen molar-refractivity contribution in [2.45, 2.75) is 63.4 Å². The molecule has 2 bridgehead atoms. The van der Waals surface area contributed by atoms with Crippen molar-refractivity contribution in [1.82, 2.24) is 0 Å². The fourth-order valence-corrected chi connectivity index (χ4v) is 5.30. The van der Waals surface area contributed by atoms with Gasteiger partial charge < -0.3 is 24.3 Å². The first-order chi connectivity index (χ1) is 15.8. The monoisotopic (exact) mass is 455 g/mol. The number of hydrogen-bond acceptors (Lipinski definition) is 6. The third kappa shape index (κ3) is 4.20. The van der Waals surface area contributed by atoms with Gasteiger partial charge in [0.25, 0.3) is 0 Å². The van der Waals surface area contributed by atoms with E-state index < -0.39 is 23.2 Å². The lowest BCUT2D eigenvalue weighted by Crippen LogP contribution is -2.36. The fourth-order valence-electron chi connectivity index (χ4n) is 5.30. The van der Waals surface area contributed by atoms with Crippen molar-refractivity contribution in [1.29, 1.82) is 0 Å². The second-order valence-electron chi connectivity index (χ2n) is 9.98. The highest BCUT2D eigenvalue weighted by Crippen LogP contribution is 2.63. The van der Waals surface area contributed by atoms with Gasteiger partial charge in [0, 0.05) is 17.9 Å². The van der Waals surface area contributed by atoms with Crippen LogP contribution in [-0.4, -0.2) is 37.1 Å². The average molecular weight is 456 g/mol. The molecular weight excluding hydrogens is 425 g/mol. The van der Waals surface area contributed by atoms with E-state index in [2.05, 4.69) is 5.32 Å². The molecule has 33 heavy (non-hydrogen) atoms. The van der Waals surface area contributed by atoms with Crippen molar-refractivity contribution in [2.75, 3.05) is 25.1 Å². The van der Waals surface area contributed by atoms with Gasteiger partial charge in [0.2, 0.25) is 0 Å². The number of rotatable bonds is 6. The summed E-state index contributed by atoms with van der Waals surface area (Å²) in [6.45, 7) is 6.59. The highest BCUT2D eigenvalue weighted by Gasteiger charge is 2.59. The number of halogens is 1. The minimum atomic E-state index is -0.729. The Morgan fingerprint density at radius 1 is 1.21 bits per heavy atom. The maximum Gasteiger partial charge on any atom is 0.325 e. The molecule has 1 saturated heterocycles. The summed E-state index contributed by atoms with van der Waals surface area (Å²) in [5, 5.41) is 2.95. The molecule has 2 aromatic carbocycles. The predicted molar refractivity (Wildman–Crippen MR) is 121 cm³/mol. The minimum absolute atomic E-state index is 0.162. The van der Waals surface area contributed by atoms with Crippen LogP contribution in [0.5, 0.6) is 5.75 Å². The Bertz CT molecular complexity index is 1040. The zero-order valence-corrected chi connectivity index (χ0v) is 19.3. The molecule has 2 aliphatic carbocycles. The van der Waals surface area contributed by atoms with Gasteiger partial charge in [-0.3, -0.25) is 4.79 Å². The molecule has 2 unspecified atom stereocenters. The van der Waals surface area contributed by atoms with Crippen molar-refractivity contribution < 1.29 is 28.1 Å². The Hall–Kier alpha value is -2.64. The van der Waals surface area contributed by atoms with Crippen molar-refractivity contribution in [2.24, 2.45) is 0 Å². The standard InChI is InChI=1S/C26H30FNO5/c1-25(2,3)33-21(29)14-28-24-20(30-15-16-7-5-4-6-8-16)12-18-17-11-19(22(18)23(24)27)26(13-17)31-9-10-32-26/h4-8,12,17,19,28H,9-11,13-15H2,1-3H3. The number of carbonyl (C=O) groups is 1. The third-order valence-electron chi connectivity index (χ3n) is 6.51. The van der Waals surface area contributed by atoms with Crippen LogP contribution in [0.2, 0.25) is 0 Å². The molecule has 2 fully saturated rings. The van der Waals surface area contributed by atoms with Crippen LogP contribution in [0.15, 0.2) is 36.4 Å². The molecule has 0 radical (unpaired) electrons. The molecule has 1 aliphatic heterocycles. The number of fused-ring (bicyclic) bond motifs is 6. The highest BCUT2D eigenvalue weighted by molar-refractivity contribution is 5.77. The molecule has 1 N–H and O–H groups in total. The van der Waals surface area contributed by atoms with Gasteiger partial charge in [-0.05, 0) is 50.3 Å². The zero-order chi connectivity index (χ0) is 23.2. The molecule has 6 nitrogen and oxygen atoms in total. The minimum Gasteiger partial charge on any atom is -0.487 e. The van der Waals surface area contributed by atoms with Gasteiger partial charge in [0.1, 0.15) is 30.2 Å². The number of nitrogens with one attached hydrogen (secondary N) is 1. The maximum atomic E-state index is 16.0. The van der Waals surface area contributed by atoms with Crippen LogP contribution in [-0.2, 0) is 25.6 Å². The lowest BCUT2D eigenvalue weighted by Gasteiger charge is -2.34. The number of carbonyl (C=O) groups excluding carboxylic acids is 1.